The molecule has 0 heterocycles. The topological polar surface area (TPSA) is 89.8 Å². The second-order valence-corrected chi connectivity index (χ2v) is 19.5. The summed E-state index contributed by atoms with van der Waals surface area (Å²) in [7, 11) is 0. The van der Waals surface area contributed by atoms with E-state index in [2.05, 4.69) is 31.3 Å². The van der Waals surface area contributed by atoms with Crippen LogP contribution in [0.15, 0.2) is 12.2 Å². The van der Waals surface area contributed by atoms with Crippen LogP contribution in [0.3, 0.4) is 0 Å². The lowest BCUT2D eigenvalue weighted by Gasteiger charge is -2.26. The fraction of sp³-hybridized carbons (Fsp3) is 0.946. The standard InChI is InChI=1S/C56H111NO4/c1-3-5-7-9-11-13-15-17-19-21-22-23-24-25-26-27-28-29-30-31-32-33-34-35-37-39-41-43-45-47-49-51-55(60)57-53(52-58)56(61)54(59)50-48-46-44-42-40-38-36-20-18-16-14-12-10-8-6-4-2/h25-26,53-54,56,58-59,61H,3-24,27-52H2,1-2H3,(H,57,60)/b26-25-. The summed E-state index contributed by atoms with van der Waals surface area (Å²) in [5, 5.41) is 33.7. The zero-order valence-corrected chi connectivity index (χ0v) is 41.6. The van der Waals surface area contributed by atoms with Gasteiger partial charge in [0.1, 0.15) is 6.10 Å². The molecule has 0 fully saturated rings. The predicted octanol–water partition coefficient (Wildman–Crippen LogP) is 17.1. The largest absolute Gasteiger partial charge is 0.394 e. The van der Waals surface area contributed by atoms with Crippen molar-refractivity contribution in [3.63, 3.8) is 0 Å². The molecule has 0 radical (unpaired) electrons. The molecule has 61 heavy (non-hydrogen) atoms. The number of unbranched alkanes of at least 4 members (excludes halogenated alkanes) is 42. The van der Waals surface area contributed by atoms with E-state index in [4.69, 9.17) is 0 Å². The SMILES string of the molecule is CCCCCCCCCCCCCC/C=C\CCCCCCCCCCCCCCCCCC(=O)NC(CO)C(O)C(O)CCCCCCCCCCCCCCCCCC. The molecule has 0 aliphatic rings. The molecule has 3 atom stereocenters. The molecule has 3 unspecified atom stereocenters. The van der Waals surface area contributed by atoms with E-state index in [0.717, 1.165) is 32.1 Å². The number of carbonyl (C=O) groups excluding carboxylic acids is 1. The maximum atomic E-state index is 12.5. The zero-order chi connectivity index (χ0) is 44.4. The first-order valence-electron chi connectivity index (χ1n) is 28.0. The summed E-state index contributed by atoms with van der Waals surface area (Å²) in [6.45, 7) is 4.21. The van der Waals surface area contributed by atoms with E-state index in [9.17, 15) is 20.1 Å². The Labute approximate surface area is 382 Å². The third-order valence-electron chi connectivity index (χ3n) is 13.4. The smallest absolute Gasteiger partial charge is 0.220 e. The van der Waals surface area contributed by atoms with E-state index in [-0.39, 0.29) is 12.5 Å². The predicted molar refractivity (Wildman–Crippen MR) is 269 cm³/mol. The first kappa shape index (κ1) is 60.1. The number of rotatable bonds is 52. The maximum absolute atomic E-state index is 12.5. The average molecular weight is 863 g/mol. The lowest BCUT2D eigenvalue weighted by molar-refractivity contribution is -0.124. The number of carbonyl (C=O) groups is 1. The fourth-order valence-electron chi connectivity index (χ4n) is 9.04. The van der Waals surface area contributed by atoms with Crippen molar-refractivity contribution >= 4 is 5.91 Å². The van der Waals surface area contributed by atoms with Gasteiger partial charge in [-0.3, -0.25) is 4.79 Å². The highest BCUT2D eigenvalue weighted by atomic mass is 16.3. The van der Waals surface area contributed by atoms with Crippen molar-refractivity contribution in [2.75, 3.05) is 6.61 Å². The molecule has 0 rings (SSSR count). The third kappa shape index (κ3) is 46.9. The van der Waals surface area contributed by atoms with Crippen molar-refractivity contribution in [3.8, 4) is 0 Å². The summed E-state index contributed by atoms with van der Waals surface area (Å²) in [5.41, 5.74) is 0. The second kappa shape index (κ2) is 51.7. The highest BCUT2D eigenvalue weighted by Crippen LogP contribution is 2.18. The van der Waals surface area contributed by atoms with E-state index in [1.807, 2.05) is 0 Å². The van der Waals surface area contributed by atoms with Gasteiger partial charge in [-0.1, -0.05) is 283 Å². The lowest BCUT2D eigenvalue weighted by Crippen LogP contribution is -2.50. The van der Waals surface area contributed by atoms with Crippen LogP contribution in [0.2, 0.25) is 0 Å². The first-order chi connectivity index (χ1) is 30.1. The Balaban J connectivity index is 3.48. The first-order valence-corrected chi connectivity index (χ1v) is 28.0. The molecule has 0 aliphatic heterocycles. The molecule has 0 aromatic rings. The van der Waals surface area contributed by atoms with Crippen LogP contribution in [0, 0.1) is 0 Å². The van der Waals surface area contributed by atoms with Crippen LogP contribution in [0.1, 0.15) is 316 Å². The highest BCUT2D eigenvalue weighted by molar-refractivity contribution is 5.76. The molecule has 0 aromatic carbocycles. The molecule has 1 amide bonds. The van der Waals surface area contributed by atoms with Gasteiger partial charge in [-0.15, -0.1) is 0 Å². The van der Waals surface area contributed by atoms with Gasteiger partial charge in [0.2, 0.25) is 5.91 Å². The zero-order valence-electron chi connectivity index (χ0n) is 41.6. The quantitative estimate of drug-likeness (QED) is 0.0362. The second-order valence-electron chi connectivity index (χ2n) is 19.5. The van der Waals surface area contributed by atoms with Crippen LogP contribution >= 0.6 is 0 Å². The van der Waals surface area contributed by atoms with E-state index < -0.39 is 18.2 Å². The van der Waals surface area contributed by atoms with Gasteiger partial charge in [-0.2, -0.15) is 0 Å². The minimum Gasteiger partial charge on any atom is -0.394 e. The van der Waals surface area contributed by atoms with Gasteiger partial charge >= 0.3 is 0 Å². The molecule has 364 valence electrons. The molecule has 0 aliphatic carbocycles. The van der Waals surface area contributed by atoms with Crippen LogP contribution in [-0.4, -0.2) is 46.1 Å². The maximum Gasteiger partial charge on any atom is 0.220 e. The summed E-state index contributed by atoms with van der Waals surface area (Å²) < 4.78 is 0. The van der Waals surface area contributed by atoms with Crippen LogP contribution < -0.4 is 5.32 Å². The molecule has 0 saturated heterocycles. The highest BCUT2D eigenvalue weighted by Gasteiger charge is 2.26. The number of hydrogen-bond acceptors (Lipinski definition) is 4. The average Bonchev–Trinajstić information content (AvgIpc) is 3.26. The van der Waals surface area contributed by atoms with Crippen molar-refractivity contribution in [3.05, 3.63) is 12.2 Å². The molecule has 4 N–H and O–H groups in total. The molecule has 0 aromatic heterocycles. The van der Waals surface area contributed by atoms with Gasteiger partial charge in [-0.25, -0.2) is 0 Å². The fourth-order valence-corrected chi connectivity index (χ4v) is 9.04. The lowest BCUT2D eigenvalue weighted by atomic mass is 9.99. The molecule has 0 bridgehead atoms. The Hall–Kier alpha value is -0.910. The van der Waals surface area contributed by atoms with Crippen molar-refractivity contribution in [1.82, 2.24) is 5.32 Å². The van der Waals surface area contributed by atoms with Crippen molar-refractivity contribution in [2.24, 2.45) is 0 Å². The van der Waals surface area contributed by atoms with Crippen LogP contribution in [0.4, 0.5) is 0 Å². The van der Waals surface area contributed by atoms with E-state index in [1.54, 1.807) is 0 Å². The Kier molecular flexibility index (Phi) is 51.0. The minimum atomic E-state index is -1.13. The van der Waals surface area contributed by atoms with Crippen LogP contribution in [-0.2, 0) is 4.79 Å². The van der Waals surface area contributed by atoms with Crippen molar-refractivity contribution < 1.29 is 20.1 Å². The van der Waals surface area contributed by atoms with Crippen LogP contribution in [0.5, 0.6) is 0 Å². The number of amides is 1. The molecule has 5 nitrogen and oxygen atoms in total. The number of allylic oxidation sites excluding steroid dienone is 2. The monoisotopic (exact) mass is 862 g/mol. The summed E-state index contributed by atoms with van der Waals surface area (Å²) in [4.78, 5) is 12.5. The summed E-state index contributed by atoms with van der Waals surface area (Å²) >= 11 is 0. The Bertz CT molecular complexity index is 864. The van der Waals surface area contributed by atoms with E-state index in [1.165, 1.54) is 257 Å². The molecule has 5 heteroatoms. The molecule has 0 saturated carbocycles. The summed E-state index contributed by atoms with van der Waals surface area (Å²) in [6.07, 6.45) is 63.7. The number of hydrogen-bond donors (Lipinski definition) is 4. The molecular weight excluding hydrogens is 751 g/mol. The Morgan fingerprint density at radius 2 is 0.656 bits per heavy atom. The number of aliphatic hydroxyl groups excluding tert-OH is 3. The minimum absolute atomic E-state index is 0.139. The summed E-state index contributed by atoms with van der Waals surface area (Å²) in [5.74, 6) is -0.139. The Morgan fingerprint density at radius 1 is 0.393 bits per heavy atom. The molecule has 0 spiro atoms. The van der Waals surface area contributed by atoms with Gasteiger partial charge in [-0.05, 0) is 38.5 Å². The van der Waals surface area contributed by atoms with E-state index >= 15 is 0 Å². The van der Waals surface area contributed by atoms with Crippen LogP contribution in [0.25, 0.3) is 0 Å². The van der Waals surface area contributed by atoms with E-state index in [0.29, 0.717) is 12.8 Å². The van der Waals surface area contributed by atoms with Gasteiger partial charge in [0.15, 0.2) is 0 Å². The Morgan fingerprint density at radius 3 is 0.951 bits per heavy atom. The van der Waals surface area contributed by atoms with Gasteiger partial charge < -0.3 is 20.6 Å². The number of nitrogens with one attached hydrogen (secondary N) is 1. The van der Waals surface area contributed by atoms with Gasteiger partial charge in [0.25, 0.3) is 0 Å². The summed E-state index contributed by atoms with van der Waals surface area (Å²) in [6, 6.07) is -0.806. The number of aliphatic hydroxyl groups is 3. The third-order valence-corrected chi connectivity index (χ3v) is 13.4. The van der Waals surface area contributed by atoms with Crippen molar-refractivity contribution in [1.29, 1.82) is 0 Å². The molecular formula is C56H111NO4. The van der Waals surface area contributed by atoms with Crippen molar-refractivity contribution in [2.45, 2.75) is 334 Å². The van der Waals surface area contributed by atoms with Gasteiger partial charge in [0.05, 0.1) is 18.8 Å². The normalized spacial score (nSPS) is 13.3. The van der Waals surface area contributed by atoms with Gasteiger partial charge in [0, 0.05) is 6.42 Å².